The van der Waals surface area contributed by atoms with Crippen LogP contribution in [0.15, 0.2) is 28.6 Å². The molecule has 3 rings (SSSR count). The number of para-hydroxylation sites is 2. The highest BCUT2D eigenvalue weighted by Crippen LogP contribution is 2.31. The van der Waals surface area contributed by atoms with Crippen LogP contribution in [-0.4, -0.2) is 34.6 Å². The van der Waals surface area contributed by atoms with Gasteiger partial charge >= 0.3 is 0 Å². The SMILES string of the molecule is CCCCSc1nnc(NC(=O)[C@H]2COc3ccccc3O2)s1. The first-order valence-corrected chi connectivity index (χ1v) is 9.22. The smallest absolute Gasteiger partial charge is 0.270 e. The molecule has 0 radical (unpaired) electrons. The van der Waals surface area contributed by atoms with Crippen molar-refractivity contribution in [2.45, 2.75) is 30.2 Å². The fourth-order valence-corrected chi connectivity index (χ4v) is 3.87. The molecule has 2 aromatic rings. The molecule has 0 saturated heterocycles. The maximum absolute atomic E-state index is 12.3. The number of nitrogens with zero attached hydrogens (tertiary/aromatic N) is 2. The molecule has 1 aromatic carbocycles. The van der Waals surface area contributed by atoms with E-state index in [1.165, 1.54) is 11.3 Å². The Balaban J connectivity index is 1.55. The van der Waals surface area contributed by atoms with Gasteiger partial charge in [0.05, 0.1) is 0 Å². The van der Waals surface area contributed by atoms with Crippen molar-refractivity contribution >= 4 is 34.1 Å². The van der Waals surface area contributed by atoms with Crippen LogP contribution in [0.5, 0.6) is 11.5 Å². The molecule has 0 fully saturated rings. The van der Waals surface area contributed by atoms with E-state index in [1.807, 2.05) is 18.2 Å². The second kappa shape index (κ2) is 7.65. The van der Waals surface area contributed by atoms with Gasteiger partial charge in [0, 0.05) is 5.75 Å². The molecular weight excluding hydrogens is 334 g/mol. The summed E-state index contributed by atoms with van der Waals surface area (Å²) in [6.45, 7) is 2.33. The Bertz CT molecular complexity index is 677. The molecule has 0 spiro atoms. The molecule has 6 nitrogen and oxygen atoms in total. The molecule has 8 heteroatoms. The molecule has 1 aliphatic rings. The third-order valence-corrected chi connectivity index (χ3v) is 5.22. The van der Waals surface area contributed by atoms with Crippen LogP contribution in [0, 0.1) is 0 Å². The van der Waals surface area contributed by atoms with Crippen molar-refractivity contribution in [3.63, 3.8) is 0 Å². The summed E-state index contributed by atoms with van der Waals surface area (Å²) in [5, 5.41) is 11.3. The highest BCUT2D eigenvalue weighted by Gasteiger charge is 2.28. The lowest BCUT2D eigenvalue weighted by atomic mass is 10.2. The van der Waals surface area contributed by atoms with E-state index in [-0.39, 0.29) is 12.5 Å². The van der Waals surface area contributed by atoms with Crippen LogP contribution in [0.4, 0.5) is 5.13 Å². The van der Waals surface area contributed by atoms with E-state index in [0.29, 0.717) is 16.6 Å². The first-order valence-electron chi connectivity index (χ1n) is 7.42. The van der Waals surface area contributed by atoms with Crippen LogP contribution in [0.3, 0.4) is 0 Å². The van der Waals surface area contributed by atoms with Crippen LogP contribution >= 0.6 is 23.1 Å². The summed E-state index contributed by atoms with van der Waals surface area (Å²) in [6, 6.07) is 7.30. The van der Waals surface area contributed by atoms with Gasteiger partial charge in [-0.3, -0.25) is 10.1 Å². The van der Waals surface area contributed by atoms with Crippen molar-refractivity contribution in [3.8, 4) is 11.5 Å². The molecule has 23 heavy (non-hydrogen) atoms. The molecule has 1 atom stereocenters. The van der Waals surface area contributed by atoms with Gasteiger partial charge in [0.25, 0.3) is 5.91 Å². The average Bonchev–Trinajstić information content (AvgIpc) is 3.02. The third-order valence-electron chi connectivity index (χ3n) is 3.16. The van der Waals surface area contributed by atoms with E-state index in [1.54, 1.807) is 17.8 Å². The minimum atomic E-state index is -0.690. The Morgan fingerprint density at radius 2 is 2.22 bits per heavy atom. The summed E-state index contributed by atoms with van der Waals surface area (Å²) >= 11 is 3.03. The molecule has 0 bridgehead atoms. The number of thioether (sulfide) groups is 1. The second-order valence-electron chi connectivity index (χ2n) is 4.93. The molecule has 0 saturated carbocycles. The maximum Gasteiger partial charge on any atom is 0.270 e. The number of aromatic nitrogens is 2. The number of hydrogen-bond acceptors (Lipinski definition) is 7. The first kappa shape index (κ1) is 16.1. The van der Waals surface area contributed by atoms with Crippen molar-refractivity contribution < 1.29 is 14.3 Å². The Morgan fingerprint density at radius 3 is 3.04 bits per heavy atom. The summed E-state index contributed by atoms with van der Waals surface area (Å²) in [6.07, 6.45) is 1.60. The fourth-order valence-electron chi connectivity index (χ4n) is 1.96. The Kier molecular flexibility index (Phi) is 5.35. The van der Waals surface area contributed by atoms with Crippen molar-refractivity contribution in [3.05, 3.63) is 24.3 Å². The quantitative estimate of drug-likeness (QED) is 0.489. The molecule has 0 unspecified atom stereocenters. The largest absolute Gasteiger partial charge is 0.485 e. The number of ether oxygens (including phenoxy) is 2. The van der Waals surface area contributed by atoms with Gasteiger partial charge in [-0.1, -0.05) is 48.6 Å². The Hall–Kier alpha value is -1.80. The molecule has 122 valence electrons. The summed E-state index contributed by atoms with van der Waals surface area (Å²) in [7, 11) is 0. The highest BCUT2D eigenvalue weighted by atomic mass is 32.2. The highest BCUT2D eigenvalue weighted by molar-refractivity contribution is 8.01. The summed E-state index contributed by atoms with van der Waals surface area (Å²) in [4.78, 5) is 12.3. The number of unbranched alkanes of at least 4 members (excludes halogenated alkanes) is 1. The average molecular weight is 351 g/mol. The van der Waals surface area contributed by atoms with Crippen LogP contribution in [0.25, 0.3) is 0 Å². The number of carbonyl (C=O) groups excluding carboxylic acids is 1. The molecular formula is C15H17N3O3S2. The Labute approximate surface area is 142 Å². The van der Waals surface area contributed by atoms with Gasteiger partial charge in [-0.25, -0.2) is 0 Å². The first-order chi connectivity index (χ1) is 11.3. The van der Waals surface area contributed by atoms with E-state index in [0.717, 1.165) is 22.9 Å². The van der Waals surface area contributed by atoms with Crippen LogP contribution in [0.2, 0.25) is 0 Å². The minimum absolute atomic E-state index is 0.180. The molecule has 2 heterocycles. The van der Waals surface area contributed by atoms with E-state index in [2.05, 4.69) is 22.4 Å². The van der Waals surface area contributed by atoms with Gasteiger partial charge in [0.15, 0.2) is 15.8 Å². The van der Waals surface area contributed by atoms with E-state index >= 15 is 0 Å². The zero-order chi connectivity index (χ0) is 16.1. The minimum Gasteiger partial charge on any atom is -0.485 e. The molecule has 1 aromatic heterocycles. The van der Waals surface area contributed by atoms with E-state index in [4.69, 9.17) is 9.47 Å². The normalized spacial score (nSPS) is 16.1. The lowest BCUT2D eigenvalue weighted by molar-refractivity contribution is -0.125. The van der Waals surface area contributed by atoms with Crippen LogP contribution < -0.4 is 14.8 Å². The molecule has 1 N–H and O–H groups in total. The number of nitrogens with one attached hydrogen (secondary N) is 1. The predicted octanol–water partition coefficient (Wildman–Crippen LogP) is 3.21. The van der Waals surface area contributed by atoms with Gasteiger partial charge in [-0.2, -0.15) is 0 Å². The van der Waals surface area contributed by atoms with Crippen molar-refractivity contribution in [2.24, 2.45) is 0 Å². The van der Waals surface area contributed by atoms with E-state index < -0.39 is 6.10 Å². The number of hydrogen-bond donors (Lipinski definition) is 1. The van der Waals surface area contributed by atoms with Crippen molar-refractivity contribution in [1.29, 1.82) is 0 Å². The zero-order valence-corrected chi connectivity index (χ0v) is 14.3. The summed E-state index contributed by atoms with van der Waals surface area (Å²) < 4.78 is 12.1. The third kappa shape index (κ3) is 4.14. The maximum atomic E-state index is 12.3. The van der Waals surface area contributed by atoms with Gasteiger partial charge in [-0.05, 0) is 18.6 Å². The van der Waals surface area contributed by atoms with Gasteiger partial charge in [0.2, 0.25) is 11.2 Å². The molecule has 1 aliphatic heterocycles. The summed E-state index contributed by atoms with van der Waals surface area (Å²) in [5.74, 6) is 1.96. The predicted molar refractivity (Wildman–Crippen MR) is 90.5 cm³/mol. The van der Waals surface area contributed by atoms with Crippen molar-refractivity contribution in [1.82, 2.24) is 10.2 Å². The lowest BCUT2D eigenvalue weighted by Gasteiger charge is -2.25. The van der Waals surface area contributed by atoms with Crippen molar-refractivity contribution in [2.75, 3.05) is 17.7 Å². The standard InChI is InChI=1S/C15H17N3O3S2/c1-2-3-8-22-15-18-17-14(23-15)16-13(19)12-9-20-10-6-4-5-7-11(10)21-12/h4-7,12H,2-3,8-9H2,1H3,(H,16,17,19)/t12-/m1/s1. The number of rotatable bonds is 6. The number of amides is 1. The number of carbonyl (C=O) groups is 1. The summed E-state index contributed by atoms with van der Waals surface area (Å²) in [5.41, 5.74) is 0. The number of anilines is 1. The molecule has 1 amide bonds. The Morgan fingerprint density at radius 1 is 1.39 bits per heavy atom. The van der Waals surface area contributed by atoms with Crippen LogP contribution in [0.1, 0.15) is 19.8 Å². The van der Waals surface area contributed by atoms with E-state index in [9.17, 15) is 4.79 Å². The monoisotopic (exact) mass is 351 g/mol. The molecule has 0 aliphatic carbocycles. The number of benzene rings is 1. The van der Waals surface area contributed by atoms with Gasteiger partial charge < -0.3 is 9.47 Å². The topological polar surface area (TPSA) is 73.3 Å². The lowest BCUT2D eigenvalue weighted by Crippen LogP contribution is -2.40. The van der Waals surface area contributed by atoms with Gasteiger partial charge in [-0.15, -0.1) is 10.2 Å². The van der Waals surface area contributed by atoms with Gasteiger partial charge in [0.1, 0.15) is 6.61 Å². The second-order valence-corrected chi connectivity index (χ2v) is 7.25. The van der Waals surface area contributed by atoms with Crippen LogP contribution in [-0.2, 0) is 4.79 Å². The fraction of sp³-hybridized carbons (Fsp3) is 0.400. The number of fused-ring (bicyclic) bond motifs is 1. The zero-order valence-electron chi connectivity index (χ0n) is 12.7.